The van der Waals surface area contributed by atoms with Crippen molar-refractivity contribution in [3.05, 3.63) is 52.2 Å². The number of carbonyl (C=O) groups is 2. The average Bonchev–Trinajstić information content (AvgIpc) is 2.69. The summed E-state index contributed by atoms with van der Waals surface area (Å²) in [6, 6.07) is 10.2. The minimum Gasteiger partial charge on any atom is -0.497 e. The van der Waals surface area contributed by atoms with Crippen molar-refractivity contribution < 1.29 is 28.2 Å². The van der Waals surface area contributed by atoms with Crippen LogP contribution in [-0.4, -0.2) is 19.0 Å². The van der Waals surface area contributed by atoms with E-state index in [1.165, 1.54) is 21.0 Å². The Labute approximate surface area is 170 Å². The first-order valence-corrected chi connectivity index (χ1v) is 9.18. The minimum atomic E-state index is -0.590. The Hall–Kier alpha value is -3.87. The second kappa shape index (κ2) is 7.18. The van der Waals surface area contributed by atoms with Gasteiger partial charge in [0, 0.05) is 30.7 Å². The molecule has 1 heterocycles. The van der Waals surface area contributed by atoms with Crippen molar-refractivity contribution in [2.45, 2.75) is 20.8 Å². The number of rotatable bonds is 3. The van der Waals surface area contributed by atoms with Crippen molar-refractivity contribution in [3.8, 4) is 17.2 Å². The van der Waals surface area contributed by atoms with Gasteiger partial charge in [-0.05, 0) is 18.6 Å². The molecule has 0 saturated carbocycles. The number of methoxy groups -OCH3 is 1. The first-order chi connectivity index (χ1) is 14.3. The fourth-order valence-corrected chi connectivity index (χ4v) is 3.60. The molecule has 4 aromatic rings. The Morgan fingerprint density at radius 2 is 1.50 bits per heavy atom. The van der Waals surface area contributed by atoms with E-state index in [4.69, 9.17) is 18.6 Å². The van der Waals surface area contributed by atoms with Gasteiger partial charge in [-0.25, -0.2) is 0 Å². The van der Waals surface area contributed by atoms with E-state index >= 15 is 0 Å². The first kappa shape index (κ1) is 19.4. The van der Waals surface area contributed by atoms with Crippen LogP contribution in [0.15, 0.2) is 45.6 Å². The summed E-state index contributed by atoms with van der Waals surface area (Å²) in [6.07, 6.45) is 0. The van der Waals surface area contributed by atoms with Crippen LogP contribution in [0.25, 0.3) is 32.7 Å². The molecule has 0 bridgehead atoms. The molecule has 0 atom stereocenters. The van der Waals surface area contributed by atoms with Crippen LogP contribution in [0, 0.1) is 6.92 Å². The topological polar surface area (TPSA) is 92.0 Å². The molecule has 0 aliphatic carbocycles. The first-order valence-electron chi connectivity index (χ1n) is 9.18. The van der Waals surface area contributed by atoms with E-state index in [1.54, 1.807) is 43.3 Å². The summed E-state index contributed by atoms with van der Waals surface area (Å²) in [5, 5.41) is 1.27. The number of hydrogen-bond donors (Lipinski definition) is 0. The SMILES string of the molecule is COc1cc(C)c2c(=O)c3c(OC(C)=O)c4ccccc4c(OC(C)=O)c3oc2c1. The highest BCUT2D eigenvalue weighted by molar-refractivity contribution is 6.12. The number of esters is 2. The monoisotopic (exact) mass is 406 g/mol. The molecule has 1 aromatic heterocycles. The lowest BCUT2D eigenvalue weighted by molar-refractivity contribution is -0.132. The summed E-state index contributed by atoms with van der Waals surface area (Å²) in [4.78, 5) is 37.2. The van der Waals surface area contributed by atoms with Crippen LogP contribution in [-0.2, 0) is 9.59 Å². The summed E-state index contributed by atoms with van der Waals surface area (Å²) in [6.45, 7) is 4.26. The van der Waals surface area contributed by atoms with Crippen LogP contribution in [0.4, 0.5) is 0 Å². The molecule has 0 N–H and O–H groups in total. The van der Waals surface area contributed by atoms with E-state index < -0.39 is 17.4 Å². The molecule has 0 radical (unpaired) electrons. The van der Waals surface area contributed by atoms with Crippen molar-refractivity contribution >= 4 is 44.6 Å². The normalized spacial score (nSPS) is 11.1. The molecule has 7 heteroatoms. The van der Waals surface area contributed by atoms with Gasteiger partial charge in [0.05, 0.1) is 12.5 Å². The zero-order chi connectivity index (χ0) is 21.6. The maximum atomic E-state index is 13.6. The molecule has 0 fully saturated rings. The number of carbonyl (C=O) groups excluding carboxylic acids is 2. The second-order valence-electron chi connectivity index (χ2n) is 6.84. The van der Waals surface area contributed by atoms with Crippen LogP contribution < -0.4 is 19.6 Å². The summed E-state index contributed by atoms with van der Waals surface area (Å²) >= 11 is 0. The average molecular weight is 406 g/mol. The summed E-state index contributed by atoms with van der Waals surface area (Å²) in [7, 11) is 1.51. The van der Waals surface area contributed by atoms with Gasteiger partial charge in [-0.15, -0.1) is 0 Å². The fourth-order valence-electron chi connectivity index (χ4n) is 3.60. The third-order valence-corrected chi connectivity index (χ3v) is 4.74. The van der Waals surface area contributed by atoms with Gasteiger partial charge in [0.1, 0.15) is 16.7 Å². The Kier molecular flexibility index (Phi) is 4.66. The summed E-state index contributed by atoms with van der Waals surface area (Å²) < 4.78 is 22.2. The van der Waals surface area contributed by atoms with E-state index in [0.717, 1.165) is 0 Å². The summed E-state index contributed by atoms with van der Waals surface area (Å²) in [5.41, 5.74) is 0.518. The highest BCUT2D eigenvalue weighted by atomic mass is 16.5. The largest absolute Gasteiger partial charge is 0.497 e. The standard InChI is InChI=1S/C23H18O7/c1-11-9-14(27-4)10-17-18(11)20(26)19-21(28-12(2)24)15-7-5-6-8-16(15)22(23(19)30-17)29-13(3)25/h5-10H,1-4H3. The van der Waals surface area contributed by atoms with Gasteiger partial charge < -0.3 is 18.6 Å². The maximum absolute atomic E-state index is 13.6. The van der Waals surface area contributed by atoms with Gasteiger partial charge in [0.2, 0.25) is 5.43 Å². The maximum Gasteiger partial charge on any atom is 0.308 e. The number of hydrogen-bond acceptors (Lipinski definition) is 7. The Balaban J connectivity index is 2.31. The highest BCUT2D eigenvalue weighted by Crippen LogP contribution is 2.43. The van der Waals surface area contributed by atoms with Gasteiger partial charge in [-0.3, -0.25) is 14.4 Å². The van der Waals surface area contributed by atoms with E-state index in [2.05, 4.69) is 0 Å². The lowest BCUT2D eigenvalue weighted by Crippen LogP contribution is -2.11. The molecule has 0 saturated heterocycles. The molecule has 0 amide bonds. The van der Waals surface area contributed by atoms with Crippen molar-refractivity contribution in [2.24, 2.45) is 0 Å². The van der Waals surface area contributed by atoms with E-state index in [9.17, 15) is 14.4 Å². The summed E-state index contributed by atoms with van der Waals surface area (Å²) in [5.74, 6) is -0.505. The van der Waals surface area contributed by atoms with Gasteiger partial charge >= 0.3 is 11.9 Å². The highest BCUT2D eigenvalue weighted by Gasteiger charge is 2.25. The molecule has 0 spiro atoms. The molecular weight excluding hydrogens is 388 g/mol. The van der Waals surface area contributed by atoms with Gasteiger partial charge in [-0.2, -0.15) is 0 Å². The second-order valence-corrected chi connectivity index (χ2v) is 6.84. The Bertz CT molecular complexity index is 1410. The van der Waals surface area contributed by atoms with Crippen LogP contribution >= 0.6 is 0 Å². The number of ether oxygens (including phenoxy) is 3. The molecule has 7 nitrogen and oxygen atoms in total. The third-order valence-electron chi connectivity index (χ3n) is 4.74. The molecule has 4 rings (SSSR count). The van der Waals surface area contributed by atoms with Crippen LogP contribution in [0.2, 0.25) is 0 Å². The molecule has 152 valence electrons. The lowest BCUT2D eigenvalue weighted by Gasteiger charge is -2.15. The van der Waals surface area contributed by atoms with E-state index in [0.29, 0.717) is 27.5 Å². The predicted molar refractivity (Wildman–Crippen MR) is 111 cm³/mol. The van der Waals surface area contributed by atoms with Crippen molar-refractivity contribution in [2.75, 3.05) is 7.11 Å². The Morgan fingerprint density at radius 1 is 0.900 bits per heavy atom. The van der Waals surface area contributed by atoms with Crippen LogP contribution in [0.3, 0.4) is 0 Å². The van der Waals surface area contributed by atoms with E-state index in [1.807, 2.05) is 0 Å². The fraction of sp³-hybridized carbons (Fsp3) is 0.174. The van der Waals surface area contributed by atoms with Crippen LogP contribution in [0.1, 0.15) is 19.4 Å². The van der Waals surface area contributed by atoms with Crippen molar-refractivity contribution in [1.82, 2.24) is 0 Å². The molecule has 0 unspecified atom stereocenters. The zero-order valence-electron chi connectivity index (χ0n) is 16.8. The lowest BCUT2D eigenvalue weighted by atomic mass is 10.0. The quantitative estimate of drug-likeness (QED) is 0.285. The smallest absolute Gasteiger partial charge is 0.308 e. The third kappa shape index (κ3) is 3.04. The molecule has 30 heavy (non-hydrogen) atoms. The van der Waals surface area contributed by atoms with Crippen molar-refractivity contribution in [1.29, 1.82) is 0 Å². The molecule has 0 aliphatic rings. The van der Waals surface area contributed by atoms with Crippen molar-refractivity contribution in [3.63, 3.8) is 0 Å². The predicted octanol–water partition coefficient (Wildman–Crippen LogP) is 4.27. The zero-order valence-corrected chi connectivity index (χ0v) is 16.8. The van der Waals surface area contributed by atoms with Gasteiger partial charge in [-0.1, -0.05) is 24.3 Å². The van der Waals surface area contributed by atoms with Crippen LogP contribution in [0.5, 0.6) is 17.2 Å². The molecule has 0 aliphatic heterocycles. The Morgan fingerprint density at radius 3 is 2.10 bits per heavy atom. The number of aryl methyl sites for hydroxylation is 1. The number of fused-ring (bicyclic) bond motifs is 3. The molecule has 3 aromatic carbocycles. The molecular formula is C23H18O7. The number of benzene rings is 3. The van der Waals surface area contributed by atoms with Gasteiger partial charge in [0.15, 0.2) is 17.1 Å². The van der Waals surface area contributed by atoms with E-state index in [-0.39, 0.29) is 28.1 Å². The van der Waals surface area contributed by atoms with Gasteiger partial charge in [0.25, 0.3) is 0 Å². The minimum absolute atomic E-state index is 0.0188.